The minimum Gasteiger partial charge on any atom is -0.398 e. The molecule has 0 spiro atoms. The Morgan fingerprint density at radius 1 is 1.46 bits per heavy atom. The average Bonchev–Trinajstić information content (AvgIpc) is 2.49. The number of fused-ring (bicyclic) bond motifs is 1. The molecule has 0 fully saturated rings. The van der Waals surface area contributed by atoms with Gasteiger partial charge in [0, 0.05) is 17.6 Å². The first-order valence-electron chi connectivity index (χ1n) is 4.28. The third-order valence-corrected chi connectivity index (χ3v) is 2.09. The highest BCUT2D eigenvalue weighted by atomic mass is 15.1. The van der Waals surface area contributed by atoms with Crippen LogP contribution in [0.4, 0.5) is 5.69 Å². The van der Waals surface area contributed by atoms with Gasteiger partial charge in [-0.25, -0.2) is 4.98 Å². The van der Waals surface area contributed by atoms with E-state index in [1.54, 1.807) is 12.3 Å². The van der Waals surface area contributed by atoms with Crippen molar-refractivity contribution >= 4 is 16.7 Å². The molecule has 0 saturated heterocycles. The van der Waals surface area contributed by atoms with Gasteiger partial charge in [-0.3, -0.25) is 5.10 Å². The molecule has 68 valence electrons. The van der Waals surface area contributed by atoms with Crippen LogP contribution in [0, 0.1) is 0 Å². The standard InChI is InChI=1S/C9H12N4/c1-5(2)8-7-6(10)3-4-11-9(7)13-12-8/h3-5H,1-2H3,(H3,10,11,12,13). The summed E-state index contributed by atoms with van der Waals surface area (Å²) in [5.41, 5.74) is 8.33. The molecule has 0 amide bonds. The van der Waals surface area contributed by atoms with Crippen LogP contribution in [0.15, 0.2) is 12.3 Å². The van der Waals surface area contributed by atoms with Gasteiger partial charge in [-0.05, 0) is 12.0 Å². The Kier molecular flexibility index (Phi) is 1.69. The summed E-state index contributed by atoms with van der Waals surface area (Å²) in [5.74, 6) is 0.386. The molecule has 0 saturated carbocycles. The zero-order valence-electron chi connectivity index (χ0n) is 7.70. The van der Waals surface area contributed by atoms with E-state index in [2.05, 4.69) is 29.0 Å². The minimum absolute atomic E-state index is 0.386. The van der Waals surface area contributed by atoms with E-state index in [0.717, 1.165) is 16.8 Å². The van der Waals surface area contributed by atoms with Crippen LogP contribution in [-0.2, 0) is 0 Å². The third kappa shape index (κ3) is 1.14. The van der Waals surface area contributed by atoms with Gasteiger partial charge in [-0.2, -0.15) is 5.10 Å². The number of hydrogen-bond acceptors (Lipinski definition) is 3. The SMILES string of the molecule is CC(C)c1[nH]nc2nccc(N)c12. The normalized spacial score (nSPS) is 11.3. The van der Waals surface area contributed by atoms with Crippen LogP contribution < -0.4 is 5.73 Å². The molecule has 2 heterocycles. The van der Waals surface area contributed by atoms with Crippen LogP contribution in [0.2, 0.25) is 0 Å². The van der Waals surface area contributed by atoms with Crippen LogP contribution >= 0.6 is 0 Å². The van der Waals surface area contributed by atoms with E-state index < -0.39 is 0 Å². The van der Waals surface area contributed by atoms with Gasteiger partial charge in [0.15, 0.2) is 5.65 Å². The van der Waals surface area contributed by atoms with E-state index in [4.69, 9.17) is 5.73 Å². The first-order valence-corrected chi connectivity index (χ1v) is 4.28. The molecule has 0 bridgehead atoms. The fourth-order valence-electron chi connectivity index (χ4n) is 1.41. The van der Waals surface area contributed by atoms with Crippen molar-refractivity contribution in [1.29, 1.82) is 0 Å². The summed E-state index contributed by atoms with van der Waals surface area (Å²) in [7, 11) is 0. The fraction of sp³-hybridized carbons (Fsp3) is 0.333. The smallest absolute Gasteiger partial charge is 0.183 e. The Morgan fingerprint density at radius 3 is 2.92 bits per heavy atom. The van der Waals surface area contributed by atoms with Gasteiger partial charge in [0.25, 0.3) is 0 Å². The summed E-state index contributed by atoms with van der Waals surface area (Å²) in [4.78, 5) is 4.12. The van der Waals surface area contributed by atoms with Gasteiger partial charge in [0.1, 0.15) is 0 Å². The molecule has 2 rings (SSSR count). The highest BCUT2D eigenvalue weighted by Gasteiger charge is 2.11. The van der Waals surface area contributed by atoms with Crippen LogP contribution in [0.1, 0.15) is 25.5 Å². The quantitative estimate of drug-likeness (QED) is 0.694. The number of pyridine rings is 1. The van der Waals surface area contributed by atoms with Crippen molar-refractivity contribution in [2.45, 2.75) is 19.8 Å². The molecule has 0 radical (unpaired) electrons. The molecule has 0 atom stereocenters. The van der Waals surface area contributed by atoms with E-state index in [1.165, 1.54) is 0 Å². The van der Waals surface area contributed by atoms with Crippen molar-refractivity contribution in [1.82, 2.24) is 15.2 Å². The predicted octanol–water partition coefficient (Wildman–Crippen LogP) is 1.66. The summed E-state index contributed by atoms with van der Waals surface area (Å²) in [6.07, 6.45) is 1.67. The zero-order chi connectivity index (χ0) is 9.42. The Labute approximate surface area is 76.2 Å². The van der Waals surface area contributed by atoms with Gasteiger partial charge in [-0.1, -0.05) is 13.8 Å². The second-order valence-electron chi connectivity index (χ2n) is 3.39. The number of nitrogens with one attached hydrogen (secondary N) is 1. The van der Waals surface area contributed by atoms with Crippen LogP contribution in [-0.4, -0.2) is 15.2 Å². The van der Waals surface area contributed by atoms with Gasteiger partial charge in [-0.15, -0.1) is 0 Å². The lowest BCUT2D eigenvalue weighted by Gasteiger charge is -2.02. The van der Waals surface area contributed by atoms with Crippen molar-refractivity contribution in [3.8, 4) is 0 Å². The van der Waals surface area contributed by atoms with Gasteiger partial charge >= 0.3 is 0 Å². The first kappa shape index (κ1) is 8.04. The second-order valence-corrected chi connectivity index (χ2v) is 3.39. The number of nitrogens with two attached hydrogens (primary N) is 1. The summed E-state index contributed by atoms with van der Waals surface area (Å²) in [6.45, 7) is 4.19. The lowest BCUT2D eigenvalue weighted by molar-refractivity contribution is 0.817. The highest BCUT2D eigenvalue weighted by molar-refractivity contribution is 5.90. The number of rotatable bonds is 1. The van der Waals surface area contributed by atoms with E-state index in [-0.39, 0.29) is 0 Å². The van der Waals surface area contributed by atoms with Gasteiger partial charge in [0.05, 0.1) is 5.39 Å². The number of anilines is 1. The number of hydrogen-bond donors (Lipinski definition) is 2. The van der Waals surface area contributed by atoms with Gasteiger partial charge < -0.3 is 5.73 Å². The predicted molar refractivity (Wildman–Crippen MR) is 52.4 cm³/mol. The monoisotopic (exact) mass is 176 g/mol. The molecule has 3 N–H and O–H groups in total. The van der Waals surface area contributed by atoms with Crippen LogP contribution in [0.25, 0.3) is 11.0 Å². The molecule has 0 aromatic carbocycles. The van der Waals surface area contributed by atoms with E-state index in [0.29, 0.717) is 11.6 Å². The third-order valence-electron chi connectivity index (χ3n) is 2.09. The van der Waals surface area contributed by atoms with Crippen molar-refractivity contribution in [3.05, 3.63) is 18.0 Å². The zero-order valence-corrected chi connectivity index (χ0v) is 7.70. The summed E-state index contributed by atoms with van der Waals surface area (Å²) in [6, 6.07) is 1.80. The van der Waals surface area contributed by atoms with Crippen LogP contribution in [0.3, 0.4) is 0 Å². The molecule has 0 aliphatic rings. The largest absolute Gasteiger partial charge is 0.398 e. The molecule has 0 aliphatic carbocycles. The minimum atomic E-state index is 0.386. The molecule has 0 aliphatic heterocycles. The van der Waals surface area contributed by atoms with Crippen molar-refractivity contribution in [3.63, 3.8) is 0 Å². The topological polar surface area (TPSA) is 67.6 Å². The number of aromatic amines is 1. The van der Waals surface area contributed by atoms with Crippen molar-refractivity contribution in [2.24, 2.45) is 0 Å². The molecule has 4 heteroatoms. The second kappa shape index (κ2) is 2.73. The molecule has 0 unspecified atom stereocenters. The van der Waals surface area contributed by atoms with E-state index >= 15 is 0 Å². The number of H-pyrrole nitrogens is 1. The molecule has 2 aromatic rings. The number of nitrogen functional groups attached to an aromatic ring is 1. The Morgan fingerprint density at radius 2 is 2.23 bits per heavy atom. The molecular formula is C9H12N4. The van der Waals surface area contributed by atoms with Crippen molar-refractivity contribution in [2.75, 3.05) is 5.73 Å². The summed E-state index contributed by atoms with van der Waals surface area (Å²) in [5, 5.41) is 8.00. The first-order chi connectivity index (χ1) is 6.20. The Hall–Kier alpha value is -1.58. The maximum Gasteiger partial charge on any atom is 0.183 e. The summed E-state index contributed by atoms with van der Waals surface area (Å²) < 4.78 is 0. The highest BCUT2D eigenvalue weighted by Crippen LogP contribution is 2.25. The maximum atomic E-state index is 5.84. The van der Waals surface area contributed by atoms with Gasteiger partial charge in [0.2, 0.25) is 0 Å². The average molecular weight is 176 g/mol. The van der Waals surface area contributed by atoms with E-state index in [1.807, 2.05) is 0 Å². The van der Waals surface area contributed by atoms with Crippen LogP contribution in [0.5, 0.6) is 0 Å². The Balaban J connectivity index is 2.79. The van der Waals surface area contributed by atoms with E-state index in [9.17, 15) is 0 Å². The summed E-state index contributed by atoms with van der Waals surface area (Å²) >= 11 is 0. The lowest BCUT2D eigenvalue weighted by atomic mass is 10.1. The fourth-order valence-corrected chi connectivity index (χ4v) is 1.41. The Bertz CT molecular complexity index is 430. The molecule has 13 heavy (non-hydrogen) atoms. The lowest BCUT2D eigenvalue weighted by Crippen LogP contribution is -1.92. The molecule has 2 aromatic heterocycles. The maximum absolute atomic E-state index is 5.84. The number of aromatic nitrogens is 3. The van der Waals surface area contributed by atoms with Crippen molar-refractivity contribution < 1.29 is 0 Å². The molecule has 4 nitrogen and oxygen atoms in total. The number of nitrogens with zero attached hydrogens (tertiary/aromatic N) is 2. The molecular weight excluding hydrogens is 164 g/mol.